The van der Waals surface area contributed by atoms with Crippen LogP contribution in [0.2, 0.25) is 5.02 Å². The van der Waals surface area contributed by atoms with E-state index < -0.39 is 0 Å². The lowest BCUT2D eigenvalue weighted by atomic mass is 9.79. The minimum absolute atomic E-state index is 0.0842. The van der Waals surface area contributed by atoms with E-state index in [-0.39, 0.29) is 11.3 Å². The van der Waals surface area contributed by atoms with Gasteiger partial charge in [0.1, 0.15) is 0 Å². The van der Waals surface area contributed by atoms with Crippen LogP contribution in [0.15, 0.2) is 53.4 Å². The molecule has 2 aromatic carbocycles. The molecule has 0 unspecified atom stereocenters. The maximum atomic E-state index is 12.9. The highest BCUT2D eigenvalue weighted by Gasteiger charge is 2.35. The van der Waals surface area contributed by atoms with Crippen LogP contribution in [0.1, 0.15) is 55.3 Å². The molecule has 0 bridgehead atoms. The van der Waals surface area contributed by atoms with Gasteiger partial charge in [-0.05, 0) is 61.8 Å². The normalized spacial score (nSPS) is 17.3. The van der Waals surface area contributed by atoms with E-state index in [0.717, 1.165) is 43.1 Å². The number of fused-ring (bicyclic) bond motifs is 2. The van der Waals surface area contributed by atoms with Crippen LogP contribution < -0.4 is 5.32 Å². The highest BCUT2D eigenvalue weighted by molar-refractivity contribution is 8.00. The molecular formula is C27H29ClN2OS. The average molecular weight is 465 g/mol. The number of benzene rings is 2. The Morgan fingerprint density at radius 1 is 1.03 bits per heavy atom. The van der Waals surface area contributed by atoms with Crippen LogP contribution in [0.5, 0.6) is 0 Å². The lowest BCUT2D eigenvalue weighted by molar-refractivity contribution is -0.118. The van der Waals surface area contributed by atoms with Crippen molar-refractivity contribution < 1.29 is 4.79 Å². The quantitative estimate of drug-likeness (QED) is 0.424. The first-order chi connectivity index (χ1) is 15.6. The predicted molar refractivity (Wildman–Crippen MR) is 134 cm³/mol. The number of hydrogen-bond acceptors (Lipinski definition) is 3. The van der Waals surface area contributed by atoms with E-state index in [1.165, 1.54) is 47.4 Å². The van der Waals surface area contributed by atoms with Crippen molar-refractivity contribution in [2.45, 2.75) is 61.7 Å². The lowest BCUT2D eigenvalue weighted by Crippen LogP contribution is -2.39. The number of halogens is 1. The second-order valence-corrected chi connectivity index (χ2v) is 10.6. The van der Waals surface area contributed by atoms with Crippen LogP contribution in [0.25, 0.3) is 10.9 Å². The predicted octanol–water partition coefficient (Wildman–Crippen LogP) is 6.49. The third-order valence-corrected chi connectivity index (χ3v) is 8.49. The Bertz CT molecular complexity index is 1130. The molecule has 2 aliphatic carbocycles. The Labute approximate surface area is 199 Å². The summed E-state index contributed by atoms with van der Waals surface area (Å²) in [5, 5.41) is 5.10. The van der Waals surface area contributed by atoms with E-state index in [9.17, 15) is 4.79 Å². The van der Waals surface area contributed by atoms with Crippen LogP contribution in [0, 0.1) is 0 Å². The molecule has 5 rings (SSSR count). The number of aryl methyl sites for hydroxylation is 1. The summed E-state index contributed by atoms with van der Waals surface area (Å²) in [6.45, 7) is 0.723. The maximum absolute atomic E-state index is 12.9. The van der Waals surface area contributed by atoms with E-state index in [0.29, 0.717) is 10.8 Å². The number of hydrogen-bond donors (Lipinski definition) is 1. The second-order valence-electron chi connectivity index (χ2n) is 9.15. The van der Waals surface area contributed by atoms with Crippen molar-refractivity contribution in [3.05, 3.63) is 70.4 Å². The molecule has 166 valence electrons. The Morgan fingerprint density at radius 2 is 1.81 bits per heavy atom. The first-order valence-electron chi connectivity index (χ1n) is 11.7. The molecule has 32 heavy (non-hydrogen) atoms. The Morgan fingerprint density at radius 3 is 2.62 bits per heavy atom. The lowest BCUT2D eigenvalue weighted by Gasteiger charge is -2.30. The average Bonchev–Trinajstić information content (AvgIpc) is 3.31. The summed E-state index contributed by atoms with van der Waals surface area (Å²) in [5.41, 5.74) is 4.90. The Balaban J connectivity index is 1.32. The van der Waals surface area contributed by atoms with Crippen molar-refractivity contribution in [1.82, 2.24) is 10.3 Å². The zero-order valence-electron chi connectivity index (χ0n) is 18.3. The topological polar surface area (TPSA) is 42.0 Å². The monoisotopic (exact) mass is 464 g/mol. The van der Waals surface area contributed by atoms with Gasteiger partial charge in [0.05, 0.1) is 11.3 Å². The van der Waals surface area contributed by atoms with Gasteiger partial charge in [-0.1, -0.05) is 60.8 Å². The van der Waals surface area contributed by atoms with E-state index in [2.05, 4.69) is 41.7 Å². The summed E-state index contributed by atoms with van der Waals surface area (Å²) in [6, 6.07) is 16.6. The molecule has 0 aliphatic heterocycles. The molecule has 3 nitrogen and oxygen atoms in total. The van der Waals surface area contributed by atoms with Crippen LogP contribution in [-0.4, -0.2) is 23.2 Å². The molecule has 0 atom stereocenters. The van der Waals surface area contributed by atoms with E-state index >= 15 is 0 Å². The first kappa shape index (κ1) is 21.8. The fraction of sp³-hybridized carbons (Fsp3) is 0.407. The number of nitrogens with zero attached hydrogens (tertiary/aromatic N) is 1. The minimum Gasteiger partial charge on any atom is -0.354 e. The third kappa shape index (κ3) is 4.40. The van der Waals surface area contributed by atoms with Gasteiger partial charge in [-0.2, -0.15) is 0 Å². The van der Waals surface area contributed by atoms with Crippen molar-refractivity contribution in [1.29, 1.82) is 0 Å². The summed E-state index contributed by atoms with van der Waals surface area (Å²) < 4.78 is 0. The second kappa shape index (κ2) is 9.44. The first-order valence-corrected chi connectivity index (χ1v) is 13.1. The summed E-state index contributed by atoms with van der Waals surface area (Å²) in [6.07, 6.45) is 9.18. The number of thioether (sulfide) groups is 1. The Kier molecular flexibility index (Phi) is 6.43. The highest BCUT2D eigenvalue weighted by Crippen LogP contribution is 2.41. The number of carbonyl (C=O) groups excluding carboxylic acids is 1. The molecule has 0 spiro atoms. The standard InChI is InChI=1S/C27H29ClN2OS/c28-20-12-13-22-24(16-20)30-23-11-5-4-10-21(23)26(22)32-17-25(31)29-18-27(14-6-7-15-27)19-8-2-1-3-9-19/h1-3,8-9,12-13,16H,4-7,10-11,14-15,17-18H2,(H,29,31). The van der Waals surface area contributed by atoms with Crippen LogP contribution in [0.4, 0.5) is 0 Å². The van der Waals surface area contributed by atoms with Crippen LogP contribution in [-0.2, 0) is 23.1 Å². The van der Waals surface area contributed by atoms with Gasteiger partial charge in [0.15, 0.2) is 0 Å². The summed E-state index contributed by atoms with van der Waals surface area (Å²) in [7, 11) is 0. The van der Waals surface area contributed by atoms with Gasteiger partial charge in [-0.15, -0.1) is 11.8 Å². The van der Waals surface area contributed by atoms with Crippen LogP contribution >= 0.6 is 23.4 Å². The molecule has 5 heteroatoms. The summed E-state index contributed by atoms with van der Waals surface area (Å²) in [4.78, 5) is 19.1. The van der Waals surface area contributed by atoms with Crippen molar-refractivity contribution in [2.75, 3.05) is 12.3 Å². The van der Waals surface area contributed by atoms with Crippen LogP contribution in [0.3, 0.4) is 0 Å². The van der Waals surface area contributed by atoms with E-state index in [1.807, 2.05) is 12.1 Å². The van der Waals surface area contributed by atoms with Gasteiger partial charge in [0.2, 0.25) is 5.91 Å². The highest BCUT2D eigenvalue weighted by atomic mass is 35.5. The van der Waals surface area contributed by atoms with Crippen molar-refractivity contribution in [2.24, 2.45) is 0 Å². The number of pyridine rings is 1. The van der Waals surface area contributed by atoms with E-state index in [1.54, 1.807) is 11.8 Å². The van der Waals surface area contributed by atoms with Gasteiger partial charge in [0, 0.05) is 33.0 Å². The maximum Gasteiger partial charge on any atom is 0.230 e. The summed E-state index contributed by atoms with van der Waals surface area (Å²) >= 11 is 7.90. The number of rotatable bonds is 6. The molecule has 1 heterocycles. The van der Waals surface area contributed by atoms with Gasteiger partial charge >= 0.3 is 0 Å². The van der Waals surface area contributed by atoms with Gasteiger partial charge in [0.25, 0.3) is 0 Å². The third-order valence-electron chi connectivity index (χ3n) is 7.09. The largest absolute Gasteiger partial charge is 0.354 e. The van der Waals surface area contributed by atoms with Crippen molar-refractivity contribution in [3.8, 4) is 0 Å². The van der Waals surface area contributed by atoms with Gasteiger partial charge < -0.3 is 5.32 Å². The Hall–Kier alpha value is -2.04. The SMILES string of the molecule is O=C(CSc1c2c(nc3cc(Cl)ccc13)CCCC2)NCC1(c2ccccc2)CCCC1. The van der Waals surface area contributed by atoms with Gasteiger partial charge in [-0.25, -0.2) is 0 Å². The van der Waals surface area contributed by atoms with Crippen molar-refractivity contribution in [3.63, 3.8) is 0 Å². The number of nitrogens with one attached hydrogen (secondary N) is 1. The fourth-order valence-corrected chi connectivity index (χ4v) is 6.65. The molecule has 1 N–H and O–H groups in total. The summed E-state index contributed by atoms with van der Waals surface area (Å²) in [5.74, 6) is 0.541. The molecule has 1 fully saturated rings. The molecule has 3 aromatic rings. The molecule has 1 amide bonds. The number of aromatic nitrogens is 1. The molecule has 0 saturated heterocycles. The van der Waals surface area contributed by atoms with E-state index in [4.69, 9.17) is 16.6 Å². The smallest absolute Gasteiger partial charge is 0.230 e. The number of carbonyl (C=O) groups is 1. The van der Waals surface area contributed by atoms with Gasteiger partial charge in [-0.3, -0.25) is 9.78 Å². The van der Waals surface area contributed by atoms with Crippen molar-refractivity contribution >= 4 is 40.2 Å². The minimum atomic E-state index is 0.0842. The number of amides is 1. The molecule has 1 aromatic heterocycles. The molecule has 1 saturated carbocycles. The fourth-order valence-electron chi connectivity index (χ4n) is 5.39. The molecule has 2 aliphatic rings. The molecular weight excluding hydrogens is 436 g/mol. The zero-order valence-corrected chi connectivity index (χ0v) is 19.9. The zero-order chi connectivity index (χ0) is 22.0. The molecule has 0 radical (unpaired) electrons.